The van der Waals surface area contributed by atoms with Crippen molar-refractivity contribution in [3.63, 3.8) is 0 Å². The second-order valence-electron chi connectivity index (χ2n) is 2.65. The summed E-state index contributed by atoms with van der Waals surface area (Å²) in [5.74, 6) is -0.332. The van der Waals surface area contributed by atoms with Crippen LogP contribution in [0.4, 0.5) is 5.69 Å². The van der Waals surface area contributed by atoms with Gasteiger partial charge in [0.15, 0.2) is 5.84 Å². The van der Waals surface area contributed by atoms with Crippen molar-refractivity contribution < 1.29 is 5.11 Å². The van der Waals surface area contributed by atoms with E-state index in [1.165, 1.54) is 12.1 Å². The highest BCUT2D eigenvalue weighted by atomic mass is 16.3. The van der Waals surface area contributed by atoms with Crippen LogP contribution in [0.3, 0.4) is 0 Å². The number of aromatic hydroxyl groups is 1. The molecule has 6 nitrogen and oxygen atoms in total. The van der Waals surface area contributed by atoms with Crippen LogP contribution in [0.25, 0.3) is 0 Å². The highest BCUT2D eigenvalue weighted by Crippen LogP contribution is 2.14. The molecular weight excluding hydrogens is 194 g/mol. The molecule has 0 aliphatic rings. The van der Waals surface area contributed by atoms with Gasteiger partial charge in [-0.15, -0.1) is 0 Å². The summed E-state index contributed by atoms with van der Waals surface area (Å²) in [4.78, 5) is 0. The van der Waals surface area contributed by atoms with E-state index < -0.39 is 5.84 Å². The van der Waals surface area contributed by atoms with E-state index in [4.69, 9.17) is 21.5 Å². The Bertz CT molecular complexity index is 446. The topological polar surface area (TPSA) is 118 Å². The Kier molecular flexibility index (Phi) is 3.24. The van der Waals surface area contributed by atoms with Gasteiger partial charge in [-0.2, -0.15) is 10.4 Å². The number of phenols is 1. The lowest BCUT2D eigenvalue weighted by atomic mass is 10.3. The first-order valence-corrected chi connectivity index (χ1v) is 4.00. The molecule has 15 heavy (non-hydrogen) atoms. The zero-order chi connectivity index (χ0) is 11.3. The van der Waals surface area contributed by atoms with Gasteiger partial charge in [-0.25, -0.2) is 0 Å². The minimum absolute atomic E-state index is 0.0801. The monoisotopic (exact) mass is 203 g/mol. The molecular formula is C9H9N5O. The van der Waals surface area contributed by atoms with Gasteiger partial charge in [0.05, 0.1) is 5.69 Å². The summed E-state index contributed by atoms with van der Waals surface area (Å²) in [7, 11) is 0. The normalized spacial score (nSPS) is 10.5. The Labute approximate surface area is 86.2 Å². The third-order valence-corrected chi connectivity index (χ3v) is 1.50. The molecule has 0 unspecified atom stereocenters. The number of nitrogens with one attached hydrogen (secondary N) is 2. The van der Waals surface area contributed by atoms with Gasteiger partial charge in [-0.3, -0.25) is 10.8 Å². The first-order valence-electron chi connectivity index (χ1n) is 4.00. The summed E-state index contributed by atoms with van der Waals surface area (Å²) >= 11 is 0. The number of anilines is 1. The molecule has 5 N–H and O–H groups in total. The number of phenolic OH excluding ortho intramolecular Hbond substituents is 1. The van der Waals surface area contributed by atoms with Crippen LogP contribution >= 0.6 is 0 Å². The molecule has 0 aliphatic heterocycles. The van der Waals surface area contributed by atoms with Gasteiger partial charge in [0.1, 0.15) is 11.8 Å². The Morgan fingerprint density at radius 3 is 2.87 bits per heavy atom. The van der Waals surface area contributed by atoms with Crippen LogP contribution in [0.15, 0.2) is 29.4 Å². The van der Waals surface area contributed by atoms with E-state index in [0.717, 1.165) is 0 Å². The first-order chi connectivity index (χ1) is 7.13. The van der Waals surface area contributed by atoms with Gasteiger partial charge in [0.2, 0.25) is 5.71 Å². The Morgan fingerprint density at radius 1 is 1.60 bits per heavy atom. The van der Waals surface area contributed by atoms with Gasteiger partial charge in [-0.1, -0.05) is 6.07 Å². The van der Waals surface area contributed by atoms with Crippen molar-refractivity contribution in [3.05, 3.63) is 24.3 Å². The number of benzene rings is 1. The molecule has 0 amide bonds. The molecule has 0 radical (unpaired) electrons. The van der Waals surface area contributed by atoms with Crippen LogP contribution in [0.2, 0.25) is 0 Å². The highest BCUT2D eigenvalue weighted by molar-refractivity contribution is 6.45. The second-order valence-corrected chi connectivity index (χ2v) is 2.65. The third-order valence-electron chi connectivity index (χ3n) is 1.50. The van der Waals surface area contributed by atoms with E-state index in [2.05, 4.69) is 10.5 Å². The molecule has 0 saturated heterocycles. The molecule has 6 heteroatoms. The molecule has 0 heterocycles. The largest absolute Gasteiger partial charge is 0.508 e. The highest BCUT2D eigenvalue weighted by Gasteiger charge is 2.00. The Hall–Kier alpha value is -2.55. The molecule has 0 aliphatic carbocycles. The quantitative estimate of drug-likeness (QED) is 0.327. The predicted molar refractivity (Wildman–Crippen MR) is 56.7 cm³/mol. The van der Waals surface area contributed by atoms with Crippen LogP contribution in [0.1, 0.15) is 0 Å². The number of rotatable bonds is 3. The fourth-order valence-corrected chi connectivity index (χ4v) is 0.841. The van der Waals surface area contributed by atoms with Gasteiger partial charge in [0.25, 0.3) is 0 Å². The minimum atomic E-state index is -0.412. The smallest absolute Gasteiger partial charge is 0.201 e. The minimum Gasteiger partial charge on any atom is -0.508 e. The molecule has 0 aromatic heterocycles. The van der Waals surface area contributed by atoms with Crippen molar-refractivity contribution in [3.8, 4) is 11.8 Å². The standard InChI is InChI=1S/C9H9N5O/c10-5-8(9(11)12)14-13-6-2-1-3-7(15)4-6/h1-4,13,15H,(H3,11,12)/b14-8+. The van der Waals surface area contributed by atoms with Gasteiger partial charge < -0.3 is 10.8 Å². The van der Waals surface area contributed by atoms with Gasteiger partial charge in [0, 0.05) is 6.07 Å². The second kappa shape index (κ2) is 4.62. The van der Waals surface area contributed by atoms with Crippen molar-refractivity contribution in [2.45, 2.75) is 0 Å². The number of nitrogens with zero attached hydrogens (tertiary/aromatic N) is 2. The summed E-state index contributed by atoms with van der Waals surface area (Å²) in [6.45, 7) is 0. The zero-order valence-electron chi connectivity index (χ0n) is 7.73. The molecule has 0 bridgehead atoms. The van der Waals surface area contributed by atoms with Crippen LogP contribution in [-0.4, -0.2) is 16.7 Å². The van der Waals surface area contributed by atoms with E-state index in [-0.39, 0.29) is 11.5 Å². The maximum absolute atomic E-state index is 9.12. The molecule has 0 atom stereocenters. The maximum atomic E-state index is 9.12. The van der Waals surface area contributed by atoms with Crippen LogP contribution in [-0.2, 0) is 0 Å². The van der Waals surface area contributed by atoms with Crippen molar-refractivity contribution in [2.24, 2.45) is 10.8 Å². The SMILES string of the molecule is N#C/C(=N\Nc1cccc(O)c1)C(=N)N. The summed E-state index contributed by atoms with van der Waals surface area (Å²) in [6.07, 6.45) is 0. The molecule has 0 spiro atoms. The van der Waals surface area contributed by atoms with E-state index in [1.807, 2.05) is 0 Å². The number of nitrogens with two attached hydrogens (primary N) is 1. The maximum Gasteiger partial charge on any atom is 0.201 e. The average molecular weight is 203 g/mol. The number of nitriles is 1. The van der Waals surface area contributed by atoms with E-state index in [9.17, 15) is 0 Å². The number of hydrogen-bond donors (Lipinski definition) is 4. The van der Waals surface area contributed by atoms with Crippen molar-refractivity contribution in [2.75, 3.05) is 5.43 Å². The van der Waals surface area contributed by atoms with Gasteiger partial charge >= 0.3 is 0 Å². The van der Waals surface area contributed by atoms with Crippen LogP contribution in [0.5, 0.6) is 5.75 Å². The van der Waals surface area contributed by atoms with E-state index in [0.29, 0.717) is 5.69 Å². The predicted octanol–water partition coefficient (Wildman–Crippen LogP) is 0.620. The average Bonchev–Trinajstić information content (AvgIpc) is 2.18. The lowest BCUT2D eigenvalue weighted by molar-refractivity contribution is 0.475. The lowest BCUT2D eigenvalue weighted by Crippen LogP contribution is -2.21. The molecule has 1 aromatic rings. The Balaban J connectivity index is 2.80. The molecule has 76 valence electrons. The zero-order valence-corrected chi connectivity index (χ0v) is 7.73. The van der Waals surface area contributed by atoms with E-state index in [1.54, 1.807) is 18.2 Å². The summed E-state index contributed by atoms with van der Waals surface area (Å²) < 4.78 is 0. The number of hydrogen-bond acceptors (Lipinski definition) is 5. The van der Waals surface area contributed by atoms with Crippen molar-refractivity contribution in [1.82, 2.24) is 0 Å². The van der Waals surface area contributed by atoms with Crippen molar-refractivity contribution >= 4 is 17.2 Å². The molecule has 1 aromatic carbocycles. The fraction of sp³-hybridized carbons (Fsp3) is 0. The fourth-order valence-electron chi connectivity index (χ4n) is 0.841. The third kappa shape index (κ3) is 3.00. The summed E-state index contributed by atoms with van der Waals surface area (Å²) in [6, 6.07) is 7.87. The lowest BCUT2D eigenvalue weighted by Gasteiger charge is -2.00. The van der Waals surface area contributed by atoms with Crippen LogP contribution < -0.4 is 11.2 Å². The first kappa shape index (κ1) is 10.5. The molecule has 0 fully saturated rings. The van der Waals surface area contributed by atoms with Crippen LogP contribution in [0, 0.1) is 16.7 Å². The summed E-state index contributed by atoms with van der Waals surface area (Å²) in [5, 5.41) is 28.3. The number of amidine groups is 1. The molecule has 0 saturated carbocycles. The molecule has 1 rings (SSSR count). The van der Waals surface area contributed by atoms with Gasteiger partial charge in [-0.05, 0) is 12.1 Å². The summed E-state index contributed by atoms with van der Waals surface area (Å²) in [5.41, 5.74) is 7.88. The van der Waals surface area contributed by atoms with Crippen molar-refractivity contribution in [1.29, 1.82) is 10.7 Å². The van der Waals surface area contributed by atoms with E-state index >= 15 is 0 Å². The Morgan fingerprint density at radius 2 is 2.33 bits per heavy atom. The number of hydrazone groups is 1.